The third-order valence-electron chi connectivity index (χ3n) is 2.60. The van der Waals surface area contributed by atoms with Gasteiger partial charge in [-0.15, -0.1) is 0 Å². The lowest BCUT2D eigenvalue weighted by Crippen LogP contribution is -2.34. The van der Waals surface area contributed by atoms with Gasteiger partial charge in [0, 0.05) is 0 Å². The van der Waals surface area contributed by atoms with Gasteiger partial charge in [-0.1, -0.05) is 36.4 Å². The number of aliphatic carboxylic acids is 1. The lowest BCUT2D eigenvalue weighted by molar-refractivity contribution is -0.139. The van der Waals surface area contributed by atoms with Crippen molar-refractivity contribution in [3.8, 4) is 0 Å². The largest absolute Gasteiger partial charge is 0.479 e. The Bertz CT molecular complexity index is 631. The van der Waals surface area contributed by atoms with Gasteiger partial charge in [-0.05, 0) is 17.7 Å². The lowest BCUT2D eigenvalue weighted by atomic mass is 10.1. The van der Waals surface area contributed by atoms with E-state index >= 15 is 0 Å². The van der Waals surface area contributed by atoms with Crippen LogP contribution in [0.15, 0.2) is 48.5 Å². The van der Waals surface area contributed by atoms with Crippen LogP contribution in [0.3, 0.4) is 0 Å². The first-order valence-corrected chi connectivity index (χ1v) is 5.79. The summed E-state index contributed by atoms with van der Waals surface area (Å²) in [5.41, 5.74) is 0.247. The molecule has 5 nitrogen and oxygen atoms in total. The Labute approximate surface area is 114 Å². The minimum Gasteiger partial charge on any atom is -0.479 e. The molecule has 0 spiro atoms. The molecule has 2 aromatic rings. The summed E-state index contributed by atoms with van der Waals surface area (Å²) < 4.78 is 12.9. The van der Waals surface area contributed by atoms with Crippen molar-refractivity contribution < 1.29 is 19.1 Å². The first kappa shape index (κ1) is 13.7. The van der Waals surface area contributed by atoms with Crippen molar-refractivity contribution in [2.75, 3.05) is 0 Å². The highest BCUT2D eigenvalue weighted by Gasteiger charge is 2.23. The summed E-state index contributed by atoms with van der Waals surface area (Å²) in [5, 5.41) is 11.5. The lowest BCUT2D eigenvalue weighted by Gasteiger charge is -2.14. The predicted molar refractivity (Wildman–Crippen MR) is 68.5 cm³/mol. The average molecular weight is 274 g/mol. The second-order valence-corrected chi connectivity index (χ2v) is 4.00. The molecule has 0 radical (unpaired) electrons. The van der Waals surface area contributed by atoms with E-state index in [9.17, 15) is 14.0 Å². The molecule has 2 N–H and O–H groups in total. The Morgan fingerprint density at radius 3 is 2.40 bits per heavy atom. The molecule has 1 atom stereocenters. The van der Waals surface area contributed by atoms with Crippen LogP contribution in [0.4, 0.5) is 4.39 Å². The smallest absolute Gasteiger partial charge is 0.330 e. The molecule has 20 heavy (non-hydrogen) atoms. The second-order valence-electron chi connectivity index (χ2n) is 4.00. The summed E-state index contributed by atoms with van der Waals surface area (Å²) in [6, 6.07) is 10.7. The van der Waals surface area contributed by atoms with E-state index in [1.54, 1.807) is 30.3 Å². The third-order valence-corrected chi connectivity index (χ3v) is 2.60. The Morgan fingerprint density at radius 2 is 1.80 bits per heavy atom. The van der Waals surface area contributed by atoms with E-state index in [0.29, 0.717) is 5.56 Å². The molecule has 0 saturated carbocycles. The Kier molecular flexibility index (Phi) is 4.05. The summed E-state index contributed by atoms with van der Waals surface area (Å²) in [4.78, 5) is 26.5. The number of carboxylic acids is 1. The monoisotopic (exact) mass is 274 g/mol. The first-order chi connectivity index (χ1) is 9.58. The van der Waals surface area contributed by atoms with Gasteiger partial charge in [0.2, 0.25) is 5.95 Å². The maximum atomic E-state index is 12.9. The molecule has 0 saturated heterocycles. The molecule has 0 bridgehead atoms. The fourth-order valence-electron chi connectivity index (χ4n) is 1.67. The maximum absolute atomic E-state index is 12.9. The van der Waals surface area contributed by atoms with Crippen LogP contribution in [-0.2, 0) is 4.79 Å². The van der Waals surface area contributed by atoms with E-state index in [1.165, 1.54) is 12.1 Å². The number of hydrogen-bond donors (Lipinski definition) is 2. The molecule has 0 unspecified atom stereocenters. The van der Waals surface area contributed by atoms with E-state index in [4.69, 9.17) is 5.11 Å². The van der Waals surface area contributed by atoms with E-state index in [-0.39, 0.29) is 5.69 Å². The van der Waals surface area contributed by atoms with Crippen molar-refractivity contribution in [3.05, 3.63) is 65.7 Å². The van der Waals surface area contributed by atoms with Gasteiger partial charge in [-0.25, -0.2) is 9.78 Å². The zero-order valence-electron chi connectivity index (χ0n) is 10.3. The van der Waals surface area contributed by atoms with Gasteiger partial charge in [0.15, 0.2) is 6.04 Å². The molecular formula is C14H11FN2O3. The molecule has 2 rings (SSSR count). The number of carboxylic acid groups (broad SMARTS) is 1. The van der Waals surface area contributed by atoms with Crippen LogP contribution in [0.2, 0.25) is 0 Å². The van der Waals surface area contributed by atoms with Gasteiger partial charge < -0.3 is 10.4 Å². The number of aromatic nitrogens is 1. The van der Waals surface area contributed by atoms with Crippen molar-refractivity contribution >= 4 is 11.9 Å². The van der Waals surface area contributed by atoms with Crippen LogP contribution in [0.1, 0.15) is 22.1 Å². The van der Waals surface area contributed by atoms with Crippen LogP contribution < -0.4 is 5.32 Å². The zero-order valence-corrected chi connectivity index (χ0v) is 10.3. The fraction of sp³-hybridized carbons (Fsp3) is 0.0714. The molecule has 0 aliphatic rings. The molecule has 102 valence electrons. The van der Waals surface area contributed by atoms with Crippen LogP contribution in [-0.4, -0.2) is 22.0 Å². The zero-order chi connectivity index (χ0) is 14.5. The summed E-state index contributed by atoms with van der Waals surface area (Å²) in [5.74, 6) is -2.76. The van der Waals surface area contributed by atoms with Crippen molar-refractivity contribution in [2.45, 2.75) is 6.04 Å². The van der Waals surface area contributed by atoms with Gasteiger partial charge in [-0.2, -0.15) is 4.39 Å². The summed E-state index contributed by atoms with van der Waals surface area (Å²) in [6.45, 7) is 0. The molecular weight excluding hydrogens is 263 g/mol. The Hall–Kier alpha value is -2.76. The molecule has 1 aromatic heterocycles. The number of carbonyl (C=O) groups is 2. The van der Waals surface area contributed by atoms with Crippen LogP contribution in [0.25, 0.3) is 0 Å². The van der Waals surface area contributed by atoms with E-state index in [0.717, 1.165) is 6.07 Å². The highest BCUT2D eigenvalue weighted by atomic mass is 19.1. The Morgan fingerprint density at radius 1 is 1.10 bits per heavy atom. The first-order valence-electron chi connectivity index (χ1n) is 5.79. The molecule has 1 amide bonds. The van der Waals surface area contributed by atoms with E-state index in [1.807, 2.05) is 0 Å². The summed E-state index contributed by atoms with van der Waals surface area (Å²) in [7, 11) is 0. The molecule has 1 aromatic carbocycles. The van der Waals surface area contributed by atoms with Crippen LogP contribution in [0, 0.1) is 5.95 Å². The molecule has 1 heterocycles. The predicted octanol–water partition coefficient (Wildman–Crippen LogP) is 1.78. The topological polar surface area (TPSA) is 79.3 Å². The number of rotatable bonds is 4. The highest BCUT2D eigenvalue weighted by Crippen LogP contribution is 2.13. The third kappa shape index (κ3) is 3.17. The van der Waals surface area contributed by atoms with E-state index in [2.05, 4.69) is 10.3 Å². The molecule has 6 heteroatoms. The quantitative estimate of drug-likeness (QED) is 0.833. The van der Waals surface area contributed by atoms with Gasteiger partial charge in [0.1, 0.15) is 5.69 Å². The van der Waals surface area contributed by atoms with Crippen LogP contribution >= 0.6 is 0 Å². The summed E-state index contributed by atoms with van der Waals surface area (Å²) >= 11 is 0. The number of pyridine rings is 1. The SMILES string of the molecule is O=C(N[C@H](C(=O)O)c1ccccc1)c1cccc(F)n1. The van der Waals surface area contributed by atoms with Gasteiger partial charge in [0.05, 0.1) is 0 Å². The fourth-order valence-corrected chi connectivity index (χ4v) is 1.67. The second kappa shape index (κ2) is 5.92. The highest BCUT2D eigenvalue weighted by molar-refractivity contribution is 5.95. The van der Waals surface area contributed by atoms with Crippen molar-refractivity contribution in [3.63, 3.8) is 0 Å². The minimum absolute atomic E-state index is 0.174. The number of nitrogens with one attached hydrogen (secondary N) is 1. The average Bonchev–Trinajstić information content (AvgIpc) is 2.45. The molecule has 0 fully saturated rings. The maximum Gasteiger partial charge on any atom is 0.330 e. The van der Waals surface area contributed by atoms with E-state index < -0.39 is 23.9 Å². The Balaban J connectivity index is 2.21. The van der Waals surface area contributed by atoms with Gasteiger partial charge >= 0.3 is 5.97 Å². The number of carbonyl (C=O) groups excluding carboxylic acids is 1. The van der Waals surface area contributed by atoms with Crippen molar-refractivity contribution in [1.29, 1.82) is 0 Å². The minimum atomic E-state index is -1.21. The van der Waals surface area contributed by atoms with Gasteiger partial charge in [-0.3, -0.25) is 4.79 Å². The van der Waals surface area contributed by atoms with Crippen molar-refractivity contribution in [1.82, 2.24) is 10.3 Å². The molecule has 0 aliphatic carbocycles. The number of hydrogen-bond acceptors (Lipinski definition) is 3. The van der Waals surface area contributed by atoms with Gasteiger partial charge in [0.25, 0.3) is 5.91 Å². The molecule has 0 aliphatic heterocycles. The number of halogens is 1. The van der Waals surface area contributed by atoms with Crippen LogP contribution in [0.5, 0.6) is 0 Å². The number of benzene rings is 1. The van der Waals surface area contributed by atoms with Crippen molar-refractivity contribution in [2.24, 2.45) is 0 Å². The standard InChI is InChI=1S/C14H11FN2O3/c15-11-8-4-7-10(16-11)13(18)17-12(14(19)20)9-5-2-1-3-6-9/h1-8,12H,(H,17,18)(H,19,20)/t12-/m0/s1. The normalized spacial score (nSPS) is 11.7. The summed E-state index contributed by atoms with van der Waals surface area (Å²) in [6.07, 6.45) is 0. The number of nitrogens with zero attached hydrogens (tertiary/aromatic N) is 1. The number of amides is 1.